The van der Waals surface area contributed by atoms with Gasteiger partial charge in [-0.1, -0.05) is 62.4 Å². The van der Waals surface area contributed by atoms with Crippen LogP contribution in [0, 0.1) is 5.92 Å². The zero-order valence-electron chi connectivity index (χ0n) is 31.4. The monoisotopic (exact) mass is 776 g/mol. The molecule has 6 rings (SSSR count). The molecule has 0 aliphatic carbocycles. The Morgan fingerprint density at radius 3 is 1.86 bits per heavy atom. The van der Waals surface area contributed by atoms with Crippen LogP contribution in [0.15, 0.2) is 90.2 Å². The quantitative estimate of drug-likeness (QED) is 0.0276. The van der Waals surface area contributed by atoms with Crippen LogP contribution in [0.2, 0.25) is 0 Å². The number of Topliss-reactive ketones (excluding diaryl/α,β-unsaturated/α-hetero) is 1. The molecular formula is C41H48N10O4S. The number of fused-ring (bicyclic) bond motifs is 3. The van der Waals surface area contributed by atoms with E-state index in [1.54, 1.807) is 6.20 Å². The smallest absolute Gasteiger partial charge is 0.243 e. The first-order valence-corrected chi connectivity index (χ1v) is 19.5. The van der Waals surface area contributed by atoms with Crippen molar-refractivity contribution >= 4 is 72.8 Å². The summed E-state index contributed by atoms with van der Waals surface area (Å²) < 4.78 is 0.835. The Bertz CT molecular complexity index is 2320. The Labute approximate surface area is 328 Å². The van der Waals surface area contributed by atoms with Gasteiger partial charge in [0.2, 0.25) is 23.5 Å². The maximum Gasteiger partial charge on any atom is 0.243 e. The van der Waals surface area contributed by atoms with E-state index in [4.69, 9.17) is 17.2 Å². The van der Waals surface area contributed by atoms with Crippen molar-refractivity contribution in [2.24, 2.45) is 28.1 Å². The zero-order valence-corrected chi connectivity index (χ0v) is 32.2. The number of thiazole rings is 1. The van der Waals surface area contributed by atoms with Crippen LogP contribution in [0.1, 0.15) is 54.0 Å². The molecule has 11 N–H and O–H groups in total. The molecule has 0 aliphatic heterocycles. The number of H-pyrrole nitrogens is 2. The summed E-state index contributed by atoms with van der Waals surface area (Å²) in [5.74, 6) is -1.94. The number of para-hydroxylation sites is 3. The second-order valence-electron chi connectivity index (χ2n) is 14.3. The number of carbonyl (C=O) groups excluding carboxylic acids is 4. The third-order valence-corrected chi connectivity index (χ3v) is 10.7. The van der Waals surface area contributed by atoms with E-state index in [0.717, 1.165) is 37.6 Å². The normalized spacial score (nSPS) is 13.6. The first kappa shape index (κ1) is 39.6. The van der Waals surface area contributed by atoms with Crippen molar-refractivity contribution < 1.29 is 19.2 Å². The van der Waals surface area contributed by atoms with Gasteiger partial charge in [-0.15, -0.1) is 11.3 Å². The number of guanidine groups is 1. The lowest BCUT2D eigenvalue weighted by atomic mass is 9.99. The maximum atomic E-state index is 14.5. The van der Waals surface area contributed by atoms with Crippen molar-refractivity contribution in [3.63, 3.8) is 0 Å². The van der Waals surface area contributed by atoms with Gasteiger partial charge >= 0.3 is 0 Å². The second-order valence-corrected chi connectivity index (χ2v) is 15.4. The number of benzene rings is 3. The van der Waals surface area contributed by atoms with Crippen LogP contribution in [0.5, 0.6) is 0 Å². The van der Waals surface area contributed by atoms with Crippen LogP contribution in [0.4, 0.5) is 0 Å². The second kappa shape index (κ2) is 18.0. The average molecular weight is 777 g/mol. The van der Waals surface area contributed by atoms with Crippen LogP contribution in [-0.2, 0) is 27.2 Å². The minimum Gasteiger partial charge on any atom is -0.370 e. The molecular weight excluding hydrogens is 729 g/mol. The number of hydrogen-bond donors (Lipinski definition) is 8. The number of aromatic amines is 2. The molecule has 292 valence electrons. The average Bonchev–Trinajstić information content (AvgIpc) is 3.92. The highest BCUT2D eigenvalue weighted by molar-refractivity contribution is 7.20. The minimum atomic E-state index is -1.16. The number of aromatic nitrogens is 3. The fourth-order valence-electron chi connectivity index (χ4n) is 6.80. The number of carbonyl (C=O) groups is 4. The molecule has 0 radical (unpaired) electrons. The fourth-order valence-corrected chi connectivity index (χ4v) is 7.76. The highest BCUT2D eigenvalue weighted by atomic mass is 32.1. The largest absolute Gasteiger partial charge is 0.370 e. The molecule has 14 nitrogen and oxygen atoms in total. The topological polar surface area (TPSA) is 239 Å². The Kier molecular flexibility index (Phi) is 12.8. The van der Waals surface area contributed by atoms with Crippen LogP contribution >= 0.6 is 11.3 Å². The summed E-state index contributed by atoms with van der Waals surface area (Å²) >= 11 is 1.24. The first-order chi connectivity index (χ1) is 27.0. The van der Waals surface area contributed by atoms with Crippen molar-refractivity contribution in [1.82, 2.24) is 30.9 Å². The molecule has 4 atom stereocenters. The number of amides is 3. The van der Waals surface area contributed by atoms with E-state index >= 15 is 0 Å². The number of nitrogens with one attached hydrogen (secondary N) is 5. The van der Waals surface area contributed by atoms with Gasteiger partial charge in [0.1, 0.15) is 12.1 Å². The van der Waals surface area contributed by atoms with Gasteiger partial charge in [0.05, 0.1) is 22.3 Å². The fraction of sp³-hybridized carbons (Fsp3) is 0.317. The predicted octanol–water partition coefficient (Wildman–Crippen LogP) is 3.81. The summed E-state index contributed by atoms with van der Waals surface area (Å²) in [6.45, 7) is 4.17. The molecule has 3 aromatic carbocycles. The van der Waals surface area contributed by atoms with Gasteiger partial charge in [-0.2, -0.15) is 0 Å². The molecule has 0 saturated carbocycles. The SMILES string of the molecule is CC(C)C[C@H](N)C(=O)N[C@@H](Cc1c[nH]c2ccccc12)C(=O)N[C@@H](Cc1c[nH]c2ccccc12)C(=O)N[C@@H](CCCN=C(N)N)C(=O)c1nc2ccccc2s1. The lowest BCUT2D eigenvalue weighted by Gasteiger charge is -2.26. The third-order valence-electron chi connectivity index (χ3n) is 9.61. The molecule has 3 aromatic heterocycles. The van der Waals surface area contributed by atoms with Gasteiger partial charge in [0, 0.05) is 53.6 Å². The molecule has 56 heavy (non-hydrogen) atoms. The van der Waals surface area contributed by atoms with Gasteiger partial charge in [-0.05, 0) is 60.6 Å². The highest BCUT2D eigenvalue weighted by Gasteiger charge is 2.33. The highest BCUT2D eigenvalue weighted by Crippen LogP contribution is 2.25. The Balaban J connectivity index is 1.31. The van der Waals surface area contributed by atoms with Crippen LogP contribution in [0.25, 0.3) is 32.0 Å². The molecule has 0 aliphatic rings. The molecule has 0 bridgehead atoms. The summed E-state index contributed by atoms with van der Waals surface area (Å²) in [5, 5.41) is 10.8. The molecule has 0 unspecified atom stereocenters. The number of rotatable bonds is 18. The van der Waals surface area contributed by atoms with Crippen molar-refractivity contribution in [3.05, 3.63) is 101 Å². The van der Waals surface area contributed by atoms with E-state index in [1.165, 1.54) is 11.3 Å². The van der Waals surface area contributed by atoms with E-state index in [2.05, 4.69) is 35.9 Å². The molecule has 3 amide bonds. The van der Waals surface area contributed by atoms with Crippen LogP contribution < -0.4 is 33.2 Å². The minimum absolute atomic E-state index is 0.0796. The Morgan fingerprint density at radius 1 is 0.750 bits per heavy atom. The van der Waals surface area contributed by atoms with E-state index in [9.17, 15) is 19.2 Å². The standard InChI is InChI=1S/C41H48N10O4S/c1-23(2)18-28(42)37(53)49-33(19-24-21-46-29-12-5-3-10-26(24)29)39(55)50-34(20-25-22-47-30-13-6-4-11-27(25)30)38(54)48-32(15-9-17-45-41(43)44)36(52)40-51-31-14-7-8-16-35(31)56-40/h3-8,10-14,16,21-23,28,32-34,46-47H,9,15,17-20,42H2,1-2H3,(H,48,54)(H,49,53)(H,50,55)(H4,43,44,45)/t28-,32-,33-,34-/m0/s1. The molecule has 0 spiro atoms. The Morgan fingerprint density at radius 2 is 1.29 bits per heavy atom. The molecule has 0 fully saturated rings. The lowest BCUT2D eigenvalue weighted by Crippen LogP contribution is -2.58. The number of nitrogens with zero attached hydrogens (tertiary/aromatic N) is 2. The van der Waals surface area contributed by atoms with Crippen molar-refractivity contribution in [2.75, 3.05) is 6.54 Å². The van der Waals surface area contributed by atoms with E-state index in [0.29, 0.717) is 18.4 Å². The summed E-state index contributed by atoms with van der Waals surface area (Å²) in [4.78, 5) is 71.4. The van der Waals surface area contributed by atoms with E-state index < -0.39 is 41.9 Å². The van der Waals surface area contributed by atoms with E-state index in [-0.39, 0.29) is 48.5 Å². The lowest BCUT2D eigenvalue weighted by molar-refractivity contribution is -0.132. The summed E-state index contributed by atoms with van der Waals surface area (Å²) in [7, 11) is 0. The third kappa shape index (κ3) is 9.78. The number of ketones is 1. The van der Waals surface area contributed by atoms with Gasteiger partial charge in [0.25, 0.3) is 0 Å². The van der Waals surface area contributed by atoms with Crippen molar-refractivity contribution in [2.45, 2.75) is 70.1 Å². The predicted molar refractivity (Wildman–Crippen MR) is 221 cm³/mol. The summed E-state index contributed by atoms with van der Waals surface area (Å²) in [6.07, 6.45) is 4.83. The van der Waals surface area contributed by atoms with Gasteiger partial charge < -0.3 is 43.1 Å². The zero-order chi connectivity index (χ0) is 39.8. The van der Waals surface area contributed by atoms with Crippen LogP contribution in [0.3, 0.4) is 0 Å². The van der Waals surface area contributed by atoms with Gasteiger partial charge in [-0.25, -0.2) is 4.98 Å². The maximum absolute atomic E-state index is 14.5. The van der Waals surface area contributed by atoms with Gasteiger partial charge in [0.15, 0.2) is 11.0 Å². The van der Waals surface area contributed by atoms with Gasteiger partial charge in [-0.3, -0.25) is 24.2 Å². The van der Waals surface area contributed by atoms with Crippen LogP contribution in [-0.4, -0.2) is 75.1 Å². The first-order valence-electron chi connectivity index (χ1n) is 18.7. The molecule has 3 heterocycles. The van der Waals surface area contributed by atoms with E-state index in [1.807, 2.05) is 92.8 Å². The number of nitrogens with two attached hydrogens (primary N) is 3. The van der Waals surface area contributed by atoms with Crippen molar-refractivity contribution in [3.8, 4) is 0 Å². The molecule has 6 aromatic rings. The summed E-state index contributed by atoms with van der Waals surface area (Å²) in [5.41, 5.74) is 21.3. The molecule has 15 heteroatoms. The number of hydrogen-bond acceptors (Lipinski definition) is 8. The Hall–Kier alpha value is -6.06. The molecule has 0 saturated heterocycles. The van der Waals surface area contributed by atoms with Crippen molar-refractivity contribution in [1.29, 1.82) is 0 Å². The number of aliphatic imine (C=N–C) groups is 1. The summed E-state index contributed by atoms with van der Waals surface area (Å²) in [6, 6.07) is 18.6.